The number of H-pyrrole nitrogens is 1. The van der Waals surface area contributed by atoms with E-state index in [-0.39, 0.29) is 5.41 Å². The van der Waals surface area contributed by atoms with Crippen LogP contribution in [0.1, 0.15) is 26.5 Å². The van der Waals surface area contributed by atoms with Gasteiger partial charge in [-0.15, -0.1) is 0 Å². The number of ether oxygens (including phenoxy) is 2. The second kappa shape index (κ2) is 7.94. The molecule has 0 aliphatic heterocycles. The van der Waals surface area contributed by atoms with E-state index in [2.05, 4.69) is 36.0 Å². The molecule has 11 nitrogen and oxygen atoms in total. The summed E-state index contributed by atoms with van der Waals surface area (Å²) in [6.07, 6.45) is 2.96. The van der Waals surface area contributed by atoms with Crippen molar-refractivity contribution in [1.29, 1.82) is 0 Å². The summed E-state index contributed by atoms with van der Waals surface area (Å²) in [6, 6.07) is 6.17. The maximum absolute atomic E-state index is 12.4. The number of fused-ring (bicyclic) bond motifs is 1. The summed E-state index contributed by atoms with van der Waals surface area (Å²) in [7, 11) is 1.49. The molecule has 31 heavy (non-hydrogen) atoms. The molecule has 0 bridgehead atoms. The summed E-state index contributed by atoms with van der Waals surface area (Å²) in [6.45, 7) is 5.97. The van der Waals surface area contributed by atoms with Gasteiger partial charge in [0, 0.05) is 17.5 Å². The Labute approximate surface area is 177 Å². The maximum atomic E-state index is 12.4. The quantitative estimate of drug-likeness (QED) is 0.436. The molecule has 2 amide bonds. The Hall–Kier alpha value is -4.15. The number of hydrogen-bond acceptors (Lipinski definition) is 8. The third kappa shape index (κ3) is 4.39. The van der Waals surface area contributed by atoms with Crippen molar-refractivity contribution in [2.24, 2.45) is 0 Å². The van der Waals surface area contributed by atoms with E-state index in [0.29, 0.717) is 45.7 Å². The average Bonchev–Trinajstić information content (AvgIpc) is 3.39. The van der Waals surface area contributed by atoms with Gasteiger partial charge in [0.05, 0.1) is 19.0 Å². The van der Waals surface area contributed by atoms with Crippen LogP contribution in [-0.2, 0) is 5.41 Å². The van der Waals surface area contributed by atoms with E-state index in [9.17, 15) is 4.79 Å². The second-order valence-corrected chi connectivity index (χ2v) is 7.68. The zero-order valence-corrected chi connectivity index (χ0v) is 17.4. The van der Waals surface area contributed by atoms with Crippen LogP contribution < -0.4 is 20.1 Å². The summed E-state index contributed by atoms with van der Waals surface area (Å²) >= 11 is 0. The van der Waals surface area contributed by atoms with Gasteiger partial charge in [-0.25, -0.2) is 14.8 Å². The number of nitrogens with zero attached hydrogens (tertiary/aromatic N) is 4. The molecule has 0 saturated heterocycles. The van der Waals surface area contributed by atoms with Crippen molar-refractivity contribution < 1.29 is 18.8 Å². The molecule has 0 atom stereocenters. The molecule has 3 N–H and O–H groups in total. The minimum Gasteiger partial charge on any atom is -0.494 e. The van der Waals surface area contributed by atoms with Gasteiger partial charge in [-0.1, -0.05) is 25.9 Å². The van der Waals surface area contributed by atoms with Crippen LogP contribution in [0, 0.1) is 0 Å². The lowest BCUT2D eigenvalue weighted by atomic mass is 9.93. The van der Waals surface area contributed by atoms with Crippen LogP contribution in [0.5, 0.6) is 17.4 Å². The fourth-order valence-corrected chi connectivity index (χ4v) is 2.73. The van der Waals surface area contributed by atoms with Crippen molar-refractivity contribution in [2.75, 3.05) is 17.7 Å². The lowest BCUT2D eigenvalue weighted by Gasteiger charge is -2.13. The fourth-order valence-electron chi connectivity index (χ4n) is 2.73. The van der Waals surface area contributed by atoms with Gasteiger partial charge in [-0.2, -0.15) is 5.10 Å². The highest BCUT2D eigenvalue weighted by Crippen LogP contribution is 2.33. The number of aromatic amines is 1. The minimum absolute atomic E-state index is 0.214. The molecule has 11 heteroatoms. The molecule has 0 spiro atoms. The number of carbonyl (C=O) groups is 1. The van der Waals surface area contributed by atoms with E-state index in [0.717, 1.165) is 0 Å². The first-order valence-electron chi connectivity index (χ1n) is 9.38. The van der Waals surface area contributed by atoms with Crippen LogP contribution in [0.15, 0.2) is 41.3 Å². The van der Waals surface area contributed by atoms with Gasteiger partial charge in [0.1, 0.15) is 29.0 Å². The predicted molar refractivity (Wildman–Crippen MR) is 113 cm³/mol. The zero-order chi connectivity index (χ0) is 22.0. The van der Waals surface area contributed by atoms with Gasteiger partial charge >= 0.3 is 6.03 Å². The summed E-state index contributed by atoms with van der Waals surface area (Å²) in [4.78, 5) is 20.6. The van der Waals surface area contributed by atoms with Crippen LogP contribution >= 0.6 is 0 Å². The highest BCUT2D eigenvalue weighted by Gasteiger charge is 2.20. The molecule has 0 saturated carbocycles. The van der Waals surface area contributed by atoms with Gasteiger partial charge in [-0.05, 0) is 12.1 Å². The van der Waals surface area contributed by atoms with Crippen LogP contribution in [0.25, 0.3) is 11.0 Å². The lowest BCUT2D eigenvalue weighted by molar-refractivity contribution is 0.261. The van der Waals surface area contributed by atoms with Crippen LogP contribution in [0.2, 0.25) is 0 Å². The first-order valence-corrected chi connectivity index (χ1v) is 9.38. The Kier molecular flexibility index (Phi) is 5.15. The van der Waals surface area contributed by atoms with E-state index in [1.165, 1.54) is 13.4 Å². The number of amides is 2. The Bertz CT molecular complexity index is 1230. The second-order valence-electron chi connectivity index (χ2n) is 7.68. The van der Waals surface area contributed by atoms with Gasteiger partial charge < -0.3 is 19.3 Å². The molecule has 0 aliphatic carbocycles. The van der Waals surface area contributed by atoms with E-state index < -0.39 is 6.03 Å². The van der Waals surface area contributed by atoms with Gasteiger partial charge in [0.15, 0.2) is 11.5 Å². The van der Waals surface area contributed by atoms with Gasteiger partial charge in [0.2, 0.25) is 5.88 Å². The number of nitrogens with one attached hydrogen (secondary N) is 3. The summed E-state index contributed by atoms with van der Waals surface area (Å²) in [5, 5.41) is 16.6. The molecular weight excluding hydrogens is 402 g/mol. The highest BCUT2D eigenvalue weighted by atomic mass is 16.5. The summed E-state index contributed by atoms with van der Waals surface area (Å²) < 4.78 is 16.5. The SMILES string of the molecule is COc1cc(Oc2ncnc3[nH]ncc23)ccc1NC(=O)Nc1cc(C(C)(C)C)on1. The Morgan fingerprint density at radius 2 is 2.00 bits per heavy atom. The number of benzene rings is 1. The van der Waals surface area contributed by atoms with Crippen molar-refractivity contribution in [3.63, 3.8) is 0 Å². The first kappa shape index (κ1) is 20.1. The number of aromatic nitrogens is 5. The van der Waals surface area contributed by atoms with Crippen LogP contribution in [0.3, 0.4) is 0 Å². The summed E-state index contributed by atoms with van der Waals surface area (Å²) in [5.41, 5.74) is 0.797. The average molecular weight is 423 g/mol. The van der Waals surface area contributed by atoms with Gasteiger partial charge in [0.25, 0.3) is 0 Å². The molecule has 3 aromatic heterocycles. The van der Waals surface area contributed by atoms with Crippen LogP contribution in [0.4, 0.5) is 16.3 Å². The molecule has 4 rings (SSSR count). The Balaban J connectivity index is 1.47. The molecule has 4 aromatic rings. The third-order valence-electron chi connectivity index (χ3n) is 4.34. The molecule has 3 heterocycles. The van der Waals surface area contributed by atoms with E-state index in [4.69, 9.17) is 14.0 Å². The molecule has 0 unspecified atom stereocenters. The number of urea groups is 1. The fraction of sp³-hybridized carbons (Fsp3) is 0.250. The van der Waals surface area contributed by atoms with Gasteiger partial charge in [-0.3, -0.25) is 10.4 Å². The Morgan fingerprint density at radius 3 is 2.74 bits per heavy atom. The van der Waals surface area contributed by atoms with Crippen molar-refractivity contribution in [1.82, 2.24) is 25.3 Å². The molecule has 0 aliphatic rings. The number of carbonyl (C=O) groups excluding carboxylic acids is 1. The summed E-state index contributed by atoms with van der Waals surface area (Å²) in [5.74, 6) is 2.20. The van der Waals surface area contributed by atoms with Crippen LogP contribution in [-0.4, -0.2) is 38.5 Å². The first-order chi connectivity index (χ1) is 14.8. The lowest BCUT2D eigenvalue weighted by Crippen LogP contribution is -2.20. The zero-order valence-electron chi connectivity index (χ0n) is 17.4. The molecule has 1 aromatic carbocycles. The highest BCUT2D eigenvalue weighted by molar-refractivity contribution is 6.00. The van der Waals surface area contributed by atoms with Crippen molar-refractivity contribution in [3.8, 4) is 17.4 Å². The molecule has 0 radical (unpaired) electrons. The van der Waals surface area contributed by atoms with E-state index in [1.807, 2.05) is 20.8 Å². The number of anilines is 2. The largest absolute Gasteiger partial charge is 0.494 e. The predicted octanol–water partition coefficient (Wildman–Crippen LogP) is 4.08. The minimum atomic E-state index is -0.489. The molecule has 0 fully saturated rings. The number of hydrogen-bond donors (Lipinski definition) is 3. The topological polar surface area (TPSA) is 140 Å². The number of methoxy groups -OCH3 is 1. The van der Waals surface area contributed by atoms with Crippen molar-refractivity contribution >= 4 is 28.6 Å². The van der Waals surface area contributed by atoms with Crippen molar-refractivity contribution in [3.05, 3.63) is 42.5 Å². The third-order valence-corrected chi connectivity index (χ3v) is 4.34. The smallest absolute Gasteiger partial charge is 0.325 e. The van der Waals surface area contributed by atoms with E-state index >= 15 is 0 Å². The number of rotatable bonds is 5. The monoisotopic (exact) mass is 423 g/mol. The van der Waals surface area contributed by atoms with Crippen molar-refractivity contribution in [2.45, 2.75) is 26.2 Å². The Morgan fingerprint density at radius 1 is 1.16 bits per heavy atom. The maximum Gasteiger partial charge on any atom is 0.325 e. The molecular formula is C20H21N7O4. The molecule has 160 valence electrons. The normalized spacial score (nSPS) is 11.4. The van der Waals surface area contributed by atoms with E-state index in [1.54, 1.807) is 30.5 Å². The standard InChI is InChI=1S/C20H21N7O4/c1-20(2,3)15-8-16(27-31-15)25-19(28)24-13-6-5-11(7-14(13)29-4)30-18-12-9-23-26-17(12)21-10-22-18/h5-10H,1-4H3,(H,21,22,23,26)(H2,24,25,27,28).